The van der Waals surface area contributed by atoms with Crippen LogP contribution in [0.4, 0.5) is 0 Å². The number of nitrogens with one attached hydrogen (secondary N) is 1. The fourth-order valence-electron chi connectivity index (χ4n) is 4.12. The number of carbonyl (C=O) groups is 1. The molecule has 0 aromatic carbocycles. The number of carboxylic acids is 1. The maximum atomic E-state index is 12.4. The number of hydrogen-bond acceptors (Lipinski definition) is 5. The van der Waals surface area contributed by atoms with Crippen molar-refractivity contribution >= 4 is 28.9 Å². The van der Waals surface area contributed by atoms with Crippen molar-refractivity contribution in [3.05, 3.63) is 20.8 Å². The van der Waals surface area contributed by atoms with Gasteiger partial charge >= 0.3 is 11.7 Å². The molecule has 0 radical (unpaired) electrons. The summed E-state index contributed by atoms with van der Waals surface area (Å²) in [6.45, 7) is 2.83. The number of unbranched alkanes of at least 4 members (excludes halogenated alkanes) is 13. The van der Waals surface area contributed by atoms with Crippen LogP contribution in [0.25, 0.3) is 11.2 Å². The summed E-state index contributed by atoms with van der Waals surface area (Å²) >= 11 is 1.07. The Morgan fingerprint density at radius 2 is 1.42 bits per heavy atom. The summed E-state index contributed by atoms with van der Waals surface area (Å²) in [5.74, 6) is -1.09. The Morgan fingerprint density at radius 1 is 0.909 bits per heavy atom. The fraction of sp³-hybridized carbons (Fsp3) is 0.750. The maximum Gasteiger partial charge on any atom is 0.329 e. The van der Waals surface area contributed by atoms with Gasteiger partial charge in [-0.2, -0.15) is 0 Å². The number of hydrogen-bond donors (Lipinski definition) is 2. The lowest BCUT2D eigenvalue weighted by atomic mass is 10.0. The van der Waals surface area contributed by atoms with E-state index < -0.39 is 17.2 Å². The molecule has 0 bridgehead atoms. The van der Waals surface area contributed by atoms with Crippen molar-refractivity contribution in [3.63, 3.8) is 0 Å². The fourth-order valence-corrected chi connectivity index (χ4v) is 4.86. The highest BCUT2D eigenvalue weighted by molar-refractivity contribution is 7.99. The Morgan fingerprint density at radius 3 is 1.94 bits per heavy atom. The highest BCUT2D eigenvalue weighted by Gasteiger charge is 2.18. The van der Waals surface area contributed by atoms with Gasteiger partial charge in [0.25, 0.3) is 5.56 Å². The third-order valence-corrected chi connectivity index (χ3v) is 6.99. The molecule has 186 valence electrons. The Hall–Kier alpha value is -2.03. The van der Waals surface area contributed by atoms with E-state index in [0.29, 0.717) is 22.9 Å². The summed E-state index contributed by atoms with van der Waals surface area (Å²) in [6.07, 6.45) is 17.8. The zero-order valence-corrected chi connectivity index (χ0v) is 21.1. The predicted octanol–water partition coefficient (Wildman–Crippen LogP) is 5.08. The number of carboxylic acid groups (broad SMARTS) is 1. The van der Waals surface area contributed by atoms with Gasteiger partial charge < -0.3 is 9.67 Å². The van der Waals surface area contributed by atoms with E-state index in [1.54, 1.807) is 11.6 Å². The quantitative estimate of drug-likeness (QED) is 0.227. The lowest BCUT2D eigenvalue weighted by Gasteiger charge is -2.08. The van der Waals surface area contributed by atoms with Crippen LogP contribution >= 0.6 is 11.8 Å². The highest BCUT2D eigenvalue weighted by atomic mass is 32.2. The molecular formula is C24H40N4O4S. The summed E-state index contributed by atoms with van der Waals surface area (Å²) in [7, 11) is 1.55. The Kier molecular flexibility index (Phi) is 12.4. The van der Waals surface area contributed by atoms with E-state index in [1.165, 1.54) is 75.2 Å². The second kappa shape index (κ2) is 15.0. The first kappa shape index (κ1) is 27.2. The van der Waals surface area contributed by atoms with E-state index >= 15 is 0 Å². The first-order valence-corrected chi connectivity index (χ1v) is 13.5. The summed E-state index contributed by atoms with van der Waals surface area (Å²) in [6, 6.07) is 0. The van der Waals surface area contributed by atoms with Crippen LogP contribution in [0.2, 0.25) is 0 Å². The number of aromatic amines is 1. The van der Waals surface area contributed by atoms with Crippen LogP contribution in [0.3, 0.4) is 0 Å². The van der Waals surface area contributed by atoms with Gasteiger partial charge in [-0.15, -0.1) is 0 Å². The molecule has 2 rings (SSSR count). The van der Waals surface area contributed by atoms with Crippen molar-refractivity contribution in [2.75, 3.05) is 5.75 Å². The van der Waals surface area contributed by atoms with E-state index in [2.05, 4.69) is 16.9 Å². The molecule has 0 aliphatic carbocycles. The highest BCUT2D eigenvalue weighted by Crippen LogP contribution is 2.22. The van der Waals surface area contributed by atoms with Crippen LogP contribution < -0.4 is 11.2 Å². The number of aryl methyl sites for hydroxylation is 2. The van der Waals surface area contributed by atoms with Gasteiger partial charge in [-0.25, -0.2) is 9.78 Å². The van der Waals surface area contributed by atoms with E-state index in [9.17, 15) is 14.4 Å². The average Bonchev–Trinajstić information content (AvgIpc) is 3.15. The molecule has 2 heterocycles. The van der Waals surface area contributed by atoms with Crippen molar-refractivity contribution in [3.8, 4) is 0 Å². The van der Waals surface area contributed by atoms with E-state index in [1.807, 2.05) is 0 Å². The monoisotopic (exact) mass is 480 g/mol. The molecule has 2 aromatic heterocycles. The molecule has 33 heavy (non-hydrogen) atoms. The predicted molar refractivity (Wildman–Crippen MR) is 134 cm³/mol. The normalized spacial score (nSPS) is 11.5. The standard InChI is InChI=1S/C24H40N4O4S/c1-3-4-5-6-7-8-9-10-11-12-13-14-15-16-17-28-20-21(25-24(28)33-18-19(29)30)27(2)23(32)26-22(20)31/h3-18H2,1-2H3,(H,29,30)(H,26,31,32). The third kappa shape index (κ3) is 9.02. The maximum absolute atomic E-state index is 12.4. The number of thioether (sulfide) groups is 1. The van der Waals surface area contributed by atoms with Crippen LogP contribution in [0.5, 0.6) is 0 Å². The minimum Gasteiger partial charge on any atom is -0.481 e. The topological polar surface area (TPSA) is 110 Å². The van der Waals surface area contributed by atoms with Crippen molar-refractivity contribution < 1.29 is 9.90 Å². The second-order valence-electron chi connectivity index (χ2n) is 8.82. The molecule has 0 aliphatic heterocycles. The van der Waals surface area contributed by atoms with Crippen LogP contribution in [-0.2, 0) is 18.4 Å². The van der Waals surface area contributed by atoms with E-state index in [-0.39, 0.29) is 5.75 Å². The molecule has 0 saturated heterocycles. The van der Waals surface area contributed by atoms with Gasteiger partial charge in [0.2, 0.25) is 0 Å². The average molecular weight is 481 g/mol. The van der Waals surface area contributed by atoms with Crippen molar-refractivity contribution in [2.45, 2.75) is 109 Å². The summed E-state index contributed by atoms with van der Waals surface area (Å²) in [5.41, 5.74) is -0.377. The second-order valence-corrected chi connectivity index (χ2v) is 9.76. The molecule has 2 aromatic rings. The van der Waals surface area contributed by atoms with Gasteiger partial charge in [-0.05, 0) is 6.42 Å². The molecule has 9 heteroatoms. The molecule has 0 aliphatic rings. The largest absolute Gasteiger partial charge is 0.481 e. The number of aromatic nitrogens is 4. The first-order chi connectivity index (χ1) is 16.0. The molecule has 0 atom stereocenters. The van der Waals surface area contributed by atoms with Crippen molar-refractivity contribution in [1.29, 1.82) is 0 Å². The number of aliphatic carboxylic acids is 1. The Labute approximate surface area is 200 Å². The lowest BCUT2D eigenvalue weighted by molar-refractivity contribution is -0.133. The molecule has 2 N–H and O–H groups in total. The van der Waals surface area contributed by atoms with Gasteiger partial charge in [0.1, 0.15) is 0 Å². The molecular weight excluding hydrogens is 440 g/mol. The minimum absolute atomic E-state index is 0.145. The van der Waals surface area contributed by atoms with Gasteiger partial charge in [0.05, 0.1) is 5.75 Å². The lowest BCUT2D eigenvalue weighted by Crippen LogP contribution is -2.29. The zero-order valence-electron chi connectivity index (χ0n) is 20.2. The van der Waals surface area contributed by atoms with Gasteiger partial charge in [-0.1, -0.05) is 102 Å². The summed E-state index contributed by atoms with van der Waals surface area (Å²) < 4.78 is 3.06. The van der Waals surface area contributed by atoms with Crippen molar-refractivity contribution in [1.82, 2.24) is 19.1 Å². The molecule has 8 nitrogen and oxygen atoms in total. The van der Waals surface area contributed by atoms with Crippen LogP contribution in [0.15, 0.2) is 14.7 Å². The molecule has 0 saturated carbocycles. The number of imidazole rings is 1. The molecule has 0 spiro atoms. The summed E-state index contributed by atoms with van der Waals surface area (Å²) in [5, 5.41) is 9.49. The third-order valence-electron chi connectivity index (χ3n) is 6.03. The molecule has 0 amide bonds. The summed E-state index contributed by atoms with van der Waals surface area (Å²) in [4.78, 5) is 42.0. The van der Waals surface area contributed by atoms with Crippen LogP contribution in [-0.4, -0.2) is 35.9 Å². The number of fused-ring (bicyclic) bond motifs is 1. The van der Waals surface area contributed by atoms with Gasteiger partial charge in [0.15, 0.2) is 16.3 Å². The molecule has 0 unspecified atom stereocenters. The molecule has 0 fully saturated rings. The van der Waals surface area contributed by atoms with Crippen LogP contribution in [0, 0.1) is 0 Å². The van der Waals surface area contributed by atoms with Crippen LogP contribution in [0.1, 0.15) is 96.8 Å². The van der Waals surface area contributed by atoms with Crippen molar-refractivity contribution in [2.24, 2.45) is 7.05 Å². The minimum atomic E-state index is -0.946. The zero-order chi connectivity index (χ0) is 24.1. The SMILES string of the molecule is CCCCCCCCCCCCCCCCn1c(SCC(=O)O)nc2c1c(=O)[nH]c(=O)n2C. The Balaban J connectivity index is 1.74. The Bertz CT molecular complexity index is 979. The number of nitrogens with zero attached hydrogens (tertiary/aromatic N) is 3. The number of H-pyrrole nitrogens is 1. The van der Waals surface area contributed by atoms with Gasteiger partial charge in [-0.3, -0.25) is 19.1 Å². The smallest absolute Gasteiger partial charge is 0.329 e. The van der Waals surface area contributed by atoms with E-state index in [4.69, 9.17) is 5.11 Å². The van der Waals surface area contributed by atoms with Gasteiger partial charge in [0, 0.05) is 13.6 Å². The van der Waals surface area contributed by atoms with E-state index in [0.717, 1.165) is 31.0 Å². The first-order valence-electron chi connectivity index (χ1n) is 12.5. The number of rotatable bonds is 18.